The van der Waals surface area contributed by atoms with Crippen LogP contribution in [0.25, 0.3) is 0 Å². The summed E-state index contributed by atoms with van der Waals surface area (Å²) < 4.78 is 27.1. The van der Waals surface area contributed by atoms with Gasteiger partial charge >= 0.3 is 0 Å². The highest BCUT2D eigenvalue weighted by atomic mass is 32.2. The van der Waals surface area contributed by atoms with E-state index < -0.39 is 10.0 Å². The fourth-order valence-electron chi connectivity index (χ4n) is 3.10. The molecule has 1 aliphatic heterocycles. The van der Waals surface area contributed by atoms with Gasteiger partial charge in [0, 0.05) is 13.0 Å². The molecule has 1 N–H and O–H groups in total. The van der Waals surface area contributed by atoms with Crippen LogP contribution >= 0.6 is 11.3 Å². The maximum atomic E-state index is 12.9. The summed E-state index contributed by atoms with van der Waals surface area (Å²) in [4.78, 5) is 12.1. The number of anilines is 2. The lowest BCUT2D eigenvalue weighted by Crippen LogP contribution is -2.29. The van der Waals surface area contributed by atoms with Crippen molar-refractivity contribution >= 4 is 38.1 Å². The molecular formula is C19H18N4O3S2. The fourth-order valence-corrected chi connectivity index (χ4v) is 5.62. The predicted octanol–water partition coefficient (Wildman–Crippen LogP) is 2.86. The molecular weight excluding hydrogens is 396 g/mol. The number of fused-ring (bicyclic) bond motifs is 1. The van der Waals surface area contributed by atoms with Gasteiger partial charge in [-0.2, -0.15) is 8.42 Å². The average Bonchev–Trinajstić information content (AvgIpc) is 3.35. The summed E-state index contributed by atoms with van der Waals surface area (Å²) in [5, 5.41) is 10.5. The summed E-state index contributed by atoms with van der Waals surface area (Å²) >= 11 is 0.868. The van der Waals surface area contributed by atoms with Crippen molar-refractivity contribution in [2.45, 2.75) is 23.6 Å². The molecule has 0 radical (unpaired) electrons. The molecule has 28 heavy (non-hydrogen) atoms. The number of benzene rings is 2. The number of hydrogen-bond acceptors (Lipinski definition) is 6. The molecule has 9 heteroatoms. The summed E-state index contributed by atoms with van der Waals surface area (Å²) in [5.41, 5.74) is 2.72. The highest BCUT2D eigenvalue weighted by Crippen LogP contribution is 2.34. The van der Waals surface area contributed by atoms with E-state index >= 15 is 0 Å². The standard InChI is InChI=1S/C19H18N4O3S2/c24-17(11-10-14-6-2-1-3-7-14)20-18-21-22-19(27-18)28(25,26)23-13-12-15-8-4-5-9-16(15)23/h1-9H,10-13H2,(H,20,21,24). The molecule has 0 unspecified atom stereocenters. The van der Waals surface area contributed by atoms with Crippen LogP contribution in [0.15, 0.2) is 58.9 Å². The summed E-state index contributed by atoms with van der Waals surface area (Å²) in [7, 11) is -3.80. The van der Waals surface area contributed by atoms with E-state index in [1.54, 1.807) is 6.07 Å². The Bertz CT molecular complexity index is 1100. The number of aryl methyl sites for hydroxylation is 1. The van der Waals surface area contributed by atoms with Crippen molar-refractivity contribution in [2.75, 3.05) is 16.2 Å². The van der Waals surface area contributed by atoms with Crippen LogP contribution in [-0.2, 0) is 27.7 Å². The van der Waals surface area contributed by atoms with Crippen molar-refractivity contribution in [3.05, 3.63) is 65.7 Å². The topological polar surface area (TPSA) is 92.3 Å². The monoisotopic (exact) mass is 414 g/mol. The number of nitrogens with zero attached hydrogens (tertiary/aromatic N) is 3. The van der Waals surface area contributed by atoms with E-state index in [9.17, 15) is 13.2 Å². The number of sulfonamides is 1. The van der Waals surface area contributed by atoms with Crippen molar-refractivity contribution < 1.29 is 13.2 Å². The lowest BCUT2D eigenvalue weighted by molar-refractivity contribution is -0.116. The number of aromatic nitrogens is 2. The molecule has 1 aromatic heterocycles. The number of para-hydroxylation sites is 1. The molecule has 7 nitrogen and oxygen atoms in total. The van der Waals surface area contributed by atoms with Gasteiger partial charge in [-0.15, -0.1) is 10.2 Å². The van der Waals surface area contributed by atoms with E-state index in [4.69, 9.17) is 0 Å². The Balaban J connectivity index is 1.43. The van der Waals surface area contributed by atoms with E-state index in [2.05, 4.69) is 15.5 Å². The molecule has 3 aromatic rings. The summed E-state index contributed by atoms with van der Waals surface area (Å²) in [6.45, 7) is 0.375. The van der Waals surface area contributed by atoms with Crippen LogP contribution in [0.5, 0.6) is 0 Å². The summed E-state index contributed by atoms with van der Waals surface area (Å²) in [6, 6.07) is 17.1. The van der Waals surface area contributed by atoms with E-state index in [1.165, 1.54) is 4.31 Å². The first-order chi connectivity index (χ1) is 13.5. The number of hydrogen-bond donors (Lipinski definition) is 1. The smallest absolute Gasteiger partial charge is 0.293 e. The van der Waals surface area contributed by atoms with Gasteiger partial charge in [0.25, 0.3) is 14.4 Å². The average molecular weight is 415 g/mol. The van der Waals surface area contributed by atoms with Crippen LogP contribution < -0.4 is 9.62 Å². The van der Waals surface area contributed by atoms with Crippen molar-refractivity contribution in [2.24, 2.45) is 0 Å². The van der Waals surface area contributed by atoms with E-state index in [1.807, 2.05) is 48.5 Å². The van der Waals surface area contributed by atoms with Gasteiger partial charge in [-0.3, -0.25) is 9.10 Å². The van der Waals surface area contributed by atoms with E-state index in [0.29, 0.717) is 25.1 Å². The van der Waals surface area contributed by atoms with Crippen molar-refractivity contribution in [3.63, 3.8) is 0 Å². The number of nitrogens with one attached hydrogen (secondary N) is 1. The third-order valence-corrected chi connectivity index (χ3v) is 7.49. The summed E-state index contributed by atoms with van der Waals surface area (Å²) in [5.74, 6) is -0.226. The predicted molar refractivity (Wildman–Crippen MR) is 108 cm³/mol. The first-order valence-corrected chi connectivity index (χ1v) is 11.1. The molecule has 0 atom stereocenters. The Morgan fingerprint density at radius 2 is 1.82 bits per heavy atom. The molecule has 1 amide bonds. The van der Waals surface area contributed by atoms with Gasteiger partial charge in [0.2, 0.25) is 11.0 Å². The van der Waals surface area contributed by atoms with Gasteiger partial charge in [-0.05, 0) is 30.0 Å². The van der Waals surface area contributed by atoms with Crippen LogP contribution in [0.1, 0.15) is 17.5 Å². The first kappa shape index (κ1) is 18.6. The quantitative estimate of drug-likeness (QED) is 0.626. The molecule has 0 aliphatic carbocycles. The molecule has 2 heterocycles. The molecule has 0 fully saturated rings. The highest BCUT2D eigenvalue weighted by molar-refractivity contribution is 7.94. The normalized spacial score (nSPS) is 13.4. The van der Waals surface area contributed by atoms with Crippen LogP contribution in [0.3, 0.4) is 0 Å². The number of rotatable bonds is 6. The van der Waals surface area contributed by atoms with Crippen LogP contribution in [0.2, 0.25) is 0 Å². The molecule has 0 bridgehead atoms. The SMILES string of the molecule is O=C(CCc1ccccc1)Nc1nnc(S(=O)(=O)N2CCc3ccccc32)s1. The largest absolute Gasteiger partial charge is 0.300 e. The first-order valence-electron chi connectivity index (χ1n) is 8.82. The Morgan fingerprint density at radius 3 is 2.64 bits per heavy atom. The second-order valence-corrected chi connectivity index (χ2v) is 9.38. The van der Waals surface area contributed by atoms with Crippen molar-refractivity contribution in [1.29, 1.82) is 0 Å². The molecule has 1 aliphatic rings. The number of carbonyl (C=O) groups is 1. The minimum atomic E-state index is -3.80. The number of carbonyl (C=O) groups excluding carboxylic acids is 1. The van der Waals surface area contributed by atoms with Gasteiger partial charge in [-0.1, -0.05) is 59.9 Å². The molecule has 144 valence electrons. The second-order valence-electron chi connectivity index (χ2n) is 6.36. The van der Waals surface area contributed by atoms with E-state index in [0.717, 1.165) is 22.5 Å². The second kappa shape index (κ2) is 7.69. The van der Waals surface area contributed by atoms with Gasteiger partial charge in [-0.25, -0.2) is 0 Å². The molecule has 0 saturated carbocycles. The molecule has 4 rings (SSSR count). The van der Waals surface area contributed by atoms with Gasteiger partial charge < -0.3 is 5.32 Å². The molecule has 0 saturated heterocycles. The number of amides is 1. The Labute approximate surface area is 167 Å². The van der Waals surface area contributed by atoms with Crippen LogP contribution in [0, 0.1) is 0 Å². The molecule has 0 spiro atoms. The maximum Gasteiger partial charge on any atom is 0.293 e. The fraction of sp³-hybridized carbons (Fsp3) is 0.211. The third-order valence-electron chi connectivity index (χ3n) is 4.49. The zero-order chi connectivity index (χ0) is 19.6. The minimum absolute atomic E-state index is 0.123. The van der Waals surface area contributed by atoms with Crippen molar-refractivity contribution in [3.8, 4) is 0 Å². The van der Waals surface area contributed by atoms with Crippen LogP contribution in [-0.4, -0.2) is 31.1 Å². The Hall–Kier alpha value is -2.78. The molecule has 2 aromatic carbocycles. The van der Waals surface area contributed by atoms with Gasteiger partial charge in [0.15, 0.2) is 0 Å². The van der Waals surface area contributed by atoms with Crippen molar-refractivity contribution in [1.82, 2.24) is 10.2 Å². The maximum absolute atomic E-state index is 12.9. The zero-order valence-electron chi connectivity index (χ0n) is 14.9. The lowest BCUT2D eigenvalue weighted by atomic mass is 10.1. The third kappa shape index (κ3) is 3.76. The Morgan fingerprint density at radius 1 is 1.07 bits per heavy atom. The van der Waals surface area contributed by atoms with Gasteiger partial charge in [0.1, 0.15) is 0 Å². The zero-order valence-corrected chi connectivity index (χ0v) is 16.5. The highest BCUT2D eigenvalue weighted by Gasteiger charge is 2.33. The minimum Gasteiger partial charge on any atom is -0.300 e. The summed E-state index contributed by atoms with van der Waals surface area (Å²) in [6.07, 6.45) is 1.55. The van der Waals surface area contributed by atoms with E-state index in [-0.39, 0.29) is 21.8 Å². The van der Waals surface area contributed by atoms with Crippen LogP contribution in [0.4, 0.5) is 10.8 Å². The van der Waals surface area contributed by atoms with Gasteiger partial charge in [0.05, 0.1) is 5.69 Å². The lowest BCUT2D eigenvalue weighted by Gasteiger charge is -2.17. The Kier molecular flexibility index (Phi) is 5.10.